The molecule has 2 aliphatic carbocycles. The molecule has 0 bridgehead atoms. The molecular weight excluding hydrogens is 306 g/mol. The highest BCUT2D eigenvalue weighted by Gasteiger charge is 2.37. The van der Waals surface area contributed by atoms with Gasteiger partial charge in [-0.3, -0.25) is 19.7 Å². The zero-order valence-electron chi connectivity index (χ0n) is 13.2. The van der Waals surface area contributed by atoms with Crippen LogP contribution in [0.25, 0.3) is 0 Å². The van der Waals surface area contributed by atoms with Gasteiger partial charge in [0.1, 0.15) is 5.56 Å². The van der Waals surface area contributed by atoms with Gasteiger partial charge in [-0.1, -0.05) is 19.1 Å². The third-order valence-corrected chi connectivity index (χ3v) is 5.05. The molecule has 2 aromatic rings. The molecule has 2 aliphatic rings. The minimum absolute atomic E-state index is 0.0795. The maximum atomic E-state index is 13.0. The van der Waals surface area contributed by atoms with Crippen molar-refractivity contribution in [3.05, 3.63) is 73.8 Å². The van der Waals surface area contributed by atoms with Crippen molar-refractivity contribution in [3.8, 4) is 0 Å². The van der Waals surface area contributed by atoms with Crippen molar-refractivity contribution in [2.75, 3.05) is 0 Å². The fraction of sp³-hybridized carbons (Fsp3) is 0.263. The van der Waals surface area contributed by atoms with Crippen LogP contribution in [0.2, 0.25) is 0 Å². The first-order valence-electron chi connectivity index (χ1n) is 8.00. The second-order valence-electron chi connectivity index (χ2n) is 6.59. The van der Waals surface area contributed by atoms with Crippen LogP contribution in [-0.4, -0.2) is 16.5 Å². The molecule has 0 saturated carbocycles. The Labute approximate surface area is 138 Å². The van der Waals surface area contributed by atoms with Gasteiger partial charge in [-0.15, -0.1) is 0 Å². The molecule has 24 heavy (non-hydrogen) atoms. The van der Waals surface area contributed by atoms with E-state index in [1.54, 1.807) is 6.07 Å². The van der Waals surface area contributed by atoms with Crippen LogP contribution < -0.4 is 0 Å². The topological polar surface area (TPSA) is 77.3 Å². The van der Waals surface area contributed by atoms with Crippen LogP contribution in [0.1, 0.15) is 56.3 Å². The summed E-state index contributed by atoms with van der Waals surface area (Å²) in [5, 5.41) is 11.2. The molecule has 4 rings (SSSR count). The van der Waals surface area contributed by atoms with Crippen LogP contribution >= 0.6 is 0 Å². The molecule has 0 aliphatic heterocycles. The van der Waals surface area contributed by atoms with Gasteiger partial charge in [0, 0.05) is 22.8 Å². The lowest BCUT2D eigenvalue weighted by molar-refractivity contribution is -0.385. The third kappa shape index (κ3) is 1.94. The standard InChI is InChI=1S/C19H15NO4/c1-10-5-7-12-11(9-10)6-8-14-16(12)18(21)13-3-2-4-15(20(23)24)17(13)19(14)22/h2-4,6,8,10H,5,7,9H2,1H3. The van der Waals surface area contributed by atoms with Crippen molar-refractivity contribution in [1.82, 2.24) is 0 Å². The second kappa shape index (κ2) is 5.09. The fourth-order valence-electron chi connectivity index (χ4n) is 3.87. The van der Waals surface area contributed by atoms with Crippen LogP contribution in [0.3, 0.4) is 0 Å². The number of carbonyl (C=O) groups is 2. The molecule has 0 heterocycles. The first-order chi connectivity index (χ1) is 11.5. The van der Waals surface area contributed by atoms with E-state index in [1.165, 1.54) is 18.2 Å². The van der Waals surface area contributed by atoms with Gasteiger partial charge in [0.15, 0.2) is 5.78 Å². The molecule has 0 aromatic heterocycles. The summed E-state index contributed by atoms with van der Waals surface area (Å²) in [5.74, 6) is -0.138. The van der Waals surface area contributed by atoms with Crippen LogP contribution in [-0.2, 0) is 12.8 Å². The number of ketones is 2. The Hall–Kier alpha value is -2.82. The molecule has 1 atom stereocenters. The third-order valence-electron chi connectivity index (χ3n) is 5.05. The van der Waals surface area contributed by atoms with Crippen molar-refractivity contribution in [2.24, 2.45) is 5.92 Å². The van der Waals surface area contributed by atoms with Crippen LogP contribution in [0.15, 0.2) is 30.3 Å². The number of nitro benzene ring substituents is 1. The Bertz CT molecular complexity index is 929. The van der Waals surface area contributed by atoms with Crippen molar-refractivity contribution in [3.63, 3.8) is 0 Å². The first-order valence-corrected chi connectivity index (χ1v) is 8.00. The van der Waals surface area contributed by atoms with E-state index in [4.69, 9.17) is 0 Å². The zero-order valence-corrected chi connectivity index (χ0v) is 13.2. The lowest BCUT2D eigenvalue weighted by Crippen LogP contribution is -2.26. The number of nitrogens with zero attached hydrogens (tertiary/aromatic N) is 1. The maximum absolute atomic E-state index is 13.0. The van der Waals surface area contributed by atoms with E-state index in [9.17, 15) is 19.7 Å². The Morgan fingerprint density at radius 1 is 1.04 bits per heavy atom. The van der Waals surface area contributed by atoms with Gasteiger partial charge in [-0.25, -0.2) is 0 Å². The first kappa shape index (κ1) is 14.8. The summed E-state index contributed by atoms with van der Waals surface area (Å²) in [6.07, 6.45) is 2.64. The van der Waals surface area contributed by atoms with Crippen LogP contribution in [0, 0.1) is 16.0 Å². The predicted molar refractivity (Wildman–Crippen MR) is 87.6 cm³/mol. The Balaban J connectivity index is 1.98. The zero-order chi connectivity index (χ0) is 17.0. The smallest absolute Gasteiger partial charge is 0.281 e. The minimum Gasteiger partial charge on any atom is -0.289 e. The summed E-state index contributed by atoms with van der Waals surface area (Å²) < 4.78 is 0. The van der Waals surface area contributed by atoms with Crippen LogP contribution in [0.4, 0.5) is 5.69 Å². The van der Waals surface area contributed by atoms with Gasteiger partial charge in [-0.2, -0.15) is 0 Å². The van der Waals surface area contributed by atoms with E-state index in [1.807, 2.05) is 6.07 Å². The van der Waals surface area contributed by atoms with E-state index >= 15 is 0 Å². The molecule has 5 nitrogen and oxygen atoms in total. The summed E-state index contributed by atoms with van der Waals surface area (Å²) >= 11 is 0. The summed E-state index contributed by atoms with van der Waals surface area (Å²) in [6.45, 7) is 2.17. The average molecular weight is 321 g/mol. The van der Waals surface area contributed by atoms with E-state index in [2.05, 4.69) is 6.92 Å². The van der Waals surface area contributed by atoms with Gasteiger partial charge in [-0.05, 0) is 48.4 Å². The molecule has 120 valence electrons. The number of carbonyl (C=O) groups excluding carboxylic acids is 2. The molecule has 0 amide bonds. The summed E-state index contributed by atoms with van der Waals surface area (Å²) in [4.78, 5) is 36.5. The lowest BCUT2D eigenvalue weighted by Gasteiger charge is -2.27. The number of hydrogen-bond donors (Lipinski definition) is 0. The van der Waals surface area contributed by atoms with Crippen molar-refractivity contribution in [2.45, 2.75) is 26.2 Å². The highest BCUT2D eigenvalue weighted by atomic mass is 16.6. The Morgan fingerprint density at radius 2 is 1.75 bits per heavy atom. The fourth-order valence-corrected chi connectivity index (χ4v) is 3.87. The number of benzene rings is 2. The monoisotopic (exact) mass is 321 g/mol. The number of nitro groups is 1. The summed E-state index contributed by atoms with van der Waals surface area (Å²) in [5.41, 5.74) is 2.58. The van der Waals surface area contributed by atoms with E-state index in [-0.39, 0.29) is 22.6 Å². The Kier molecular flexibility index (Phi) is 3.13. The van der Waals surface area contributed by atoms with E-state index < -0.39 is 10.7 Å². The highest BCUT2D eigenvalue weighted by Crippen LogP contribution is 2.38. The highest BCUT2D eigenvalue weighted by molar-refractivity contribution is 6.30. The van der Waals surface area contributed by atoms with Crippen LogP contribution in [0.5, 0.6) is 0 Å². The van der Waals surface area contributed by atoms with Crippen molar-refractivity contribution in [1.29, 1.82) is 0 Å². The van der Waals surface area contributed by atoms with Gasteiger partial charge >= 0.3 is 0 Å². The quantitative estimate of drug-likeness (QED) is 0.508. The molecule has 0 spiro atoms. The second-order valence-corrected chi connectivity index (χ2v) is 6.59. The van der Waals surface area contributed by atoms with E-state index in [0.29, 0.717) is 17.0 Å². The Morgan fingerprint density at radius 3 is 2.50 bits per heavy atom. The molecule has 0 fully saturated rings. The number of hydrogen-bond acceptors (Lipinski definition) is 4. The van der Waals surface area contributed by atoms with Crippen molar-refractivity contribution < 1.29 is 14.5 Å². The number of fused-ring (bicyclic) bond motifs is 4. The van der Waals surface area contributed by atoms with Gasteiger partial charge in [0.2, 0.25) is 5.78 Å². The summed E-state index contributed by atoms with van der Waals surface area (Å²) in [7, 11) is 0. The molecule has 0 saturated heterocycles. The SMILES string of the molecule is CC1CCc2c(ccc3c2C(=O)c2cccc([N+](=O)[O-])c2C3=O)C1. The van der Waals surface area contributed by atoms with Gasteiger partial charge in [0.05, 0.1) is 4.92 Å². The molecular formula is C19H15NO4. The van der Waals surface area contributed by atoms with Gasteiger partial charge < -0.3 is 0 Å². The number of rotatable bonds is 1. The molecule has 1 unspecified atom stereocenters. The predicted octanol–water partition coefficient (Wildman–Crippen LogP) is 3.50. The lowest BCUT2D eigenvalue weighted by atomic mass is 9.75. The largest absolute Gasteiger partial charge is 0.289 e. The maximum Gasteiger partial charge on any atom is 0.281 e. The average Bonchev–Trinajstić information content (AvgIpc) is 2.57. The molecule has 2 aromatic carbocycles. The summed E-state index contributed by atoms with van der Waals surface area (Å²) in [6, 6.07) is 7.80. The molecule has 5 heteroatoms. The molecule has 0 radical (unpaired) electrons. The normalized spacial score (nSPS) is 18.6. The van der Waals surface area contributed by atoms with Crippen molar-refractivity contribution >= 4 is 17.3 Å². The molecule has 0 N–H and O–H groups in total. The van der Waals surface area contributed by atoms with E-state index in [0.717, 1.165) is 30.4 Å². The minimum atomic E-state index is -0.602. The van der Waals surface area contributed by atoms with Gasteiger partial charge in [0.25, 0.3) is 5.69 Å².